The molecule has 0 fully saturated rings. The lowest BCUT2D eigenvalue weighted by atomic mass is 10.2. The molecule has 0 atom stereocenters. The van der Waals surface area contributed by atoms with Crippen LogP contribution in [0.2, 0.25) is 0 Å². The quantitative estimate of drug-likeness (QED) is 0.669. The maximum atomic E-state index is 11.4. The highest BCUT2D eigenvalue weighted by Crippen LogP contribution is 2.14. The predicted octanol–water partition coefficient (Wildman–Crippen LogP) is 2.53. The van der Waals surface area contributed by atoms with Crippen LogP contribution in [0.3, 0.4) is 0 Å². The van der Waals surface area contributed by atoms with Gasteiger partial charge in [-0.2, -0.15) is 0 Å². The number of carbonyl (C=O) groups excluding carboxylic acids is 1. The summed E-state index contributed by atoms with van der Waals surface area (Å²) < 4.78 is 0. The zero-order valence-electron chi connectivity index (χ0n) is 8.66. The molecule has 1 amide bonds. The molecule has 1 aromatic rings. The van der Waals surface area contributed by atoms with Gasteiger partial charge < -0.3 is 4.90 Å². The van der Waals surface area contributed by atoms with Crippen molar-refractivity contribution in [1.82, 2.24) is 0 Å². The smallest absolute Gasteiger partial charge is 0.250 e. The van der Waals surface area contributed by atoms with E-state index in [2.05, 4.69) is 6.58 Å². The second-order valence-corrected chi connectivity index (χ2v) is 3.12. The van der Waals surface area contributed by atoms with Crippen LogP contribution in [0.25, 0.3) is 0 Å². The zero-order valence-corrected chi connectivity index (χ0v) is 8.66. The van der Waals surface area contributed by atoms with E-state index in [-0.39, 0.29) is 5.91 Å². The fourth-order valence-electron chi connectivity index (χ4n) is 1.30. The van der Waals surface area contributed by atoms with Crippen LogP contribution in [0.4, 0.5) is 5.69 Å². The Morgan fingerprint density at radius 3 is 2.43 bits per heavy atom. The average molecular weight is 189 g/mol. The van der Waals surface area contributed by atoms with Crippen LogP contribution in [0.5, 0.6) is 0 Å². The Bertz CT molecular complexity index is 327. The first kappa shape index (κ1) is 10.5. The molecule has 2 heteroatoms. The summed E-state index contributed by atoms with van der Waals surface area (Å²) >= 11 is 0. The number of likely N-dealkylation sites (N-methyl/N-ethyl adjacent to an activating group) is 1. The number of benzene rings is 1. The first-order valence-corrected chi connectivity index (χ1v) is 4.69. The zero-order chi connectivity index (χ0) is 10.6. The largest absolute Gasteiger partial charge is 0.309 e. The molecule has 1 rings (SSSR count). The molecule has 0 spiro atoms. The highest BCUT2D eigenvalue weighted by Gasteiger charge is 2.09. The van der Waals surface area contributed by atoms with Crippen LogP contribution in [-0.2, 0) is 4.79 Å². The molecule has 2 nitrogen and oxygen atoms in total. The van der Waals surface area contributed by atoms with Gasteiger partial charge in [-0.3, -0.25) is 4.79 Å². The minimum Gasteiger partial charge on any atom is -0.309 e. The molecule has 0 saturated carbocycles. The minimum absolute atomic E-state index is 0.0589. The number of carbonyl (C=O) groups is 1. The number of aryl methyl sites for hydroxylation is 1. The Hall–Kier alpha value is -1.57. The third-order valence-corrected chi connectivity index (χ3v) is 2.10. The van der Waals surface area contributed by atoms with Crippen molar-refractivity contribution >= 4 is 11.6 Å². The van der Waals surface area contributed by atoms with Crippen LogP contribution in [0.15, 0.2) is 36.9 Å². The fraction of sp³-hybridized carbons (Fsp3) is 0.250. The Labute approximate surface area is 84.9 Å². The van der Waals surface area contributed by atoms with Gasteiger partial charge in [0, 0.05) is 12.2 Å². The summed E-state index contributed by atoms with van der Waals surface area (Å²) in [5.41, 5.74) is 2.11. The molecule has 0 radical (unpaired) electrons. The molecule has 0 heterocycles. The molecule has 0 bridgehead atoms. The maximum Gasteiger partial charge on any atom is 0.250 e. The monoisotopic (exact) mass is 189 g/mol. The molecule has 0 aromatic heterocycles. The summed E-state index contributed by atoms with van der Waals surface area (Å²) in [6.07, 6.45) is 1.34. The average Bonchev–Trinajstić information content (AvgIpc) is 2.21. The Morgan fingerprint density at radius 2 is 2.00 bits per heavy atom. The van der Waals surface area contributed by atoms with Crippen LogP contribution < -0.4 is 4.90 Å². The van der Waals surface area contributed by atoms with Crippen LogP contribution in [0, 0.1) is 6.92 Å². The Kier molecular flexibility index (Phi) is 3.46. The fourth-order valence-corrected chi connectivity index (χ4v) is 1.30. The summed E-state index contributed by atoms with van der Waals surface area (Å²) in [5.74, 6) is -0.0589. The van der Waals surface area contributed by atoms with Crippen LogP contribution >= 0.6 is 0 Å². The van der Waals surface area contributed by atoms with Crippen molar-refractivity contribution in [3.05, 3.63) is 42.5 Å². The van der Waals surface area contributed by atoms with Crippen molar-refractivity contribution in [2.24, 2.45) is 0 Å². The van der Waals surface area contributed by atoms with Gasteiger partial charge in [-0.25, -0.2) is 0 Å². The molecule has 1 aromatic carbocycles. The minimum atomic E-state index is -0.0589. The van der Waals surface area contributed by atoms with Gasteiger partial charge >= 0.3 is 0 Å². The van der Waals surface area contributed by atoms with E-state index in [1.807, 2.05) is 38.1 Å². The topological polar surface area (TPSA) is 20.3 Å². The summed E-state index contributed by atoms with van der Waals surface area (Å²) in [6.45, 7) is 8.11. The van der Waals surface area contributed by atoms with Crippen molar-refractivity contribution in [2.45, 2.75) is 13.8 Å². The predicted molar refractivity (Wildman–Crippen MR) is 59.4 cm³/mol. The van der Waals surface area contributed by atoms with Gasteiger partial charge in [-0.05, 0) is 32.1 Å². The highest BCUT2D eigenvalue weighted by atomic mass is 16.2. The number of rotatable bonds is 3. The Morgan fingerprint density at radius 1 is 1.43 bits per heavy atom. The third-order valence-electron chi connectivity index (χ3n) is 2.10. The molecule has 0 aliphatic carbocycles. The Balaban J connectivity index is 2.95. The van der Waals surface area contributed by atoms with E-state index in [9.17, 15) is 4.79 Å². The summed E-state index contributed by atoms with van der Waals surface area (Å²) in [5, 5.41) is 0. The van der Waals surface area contributed by atoms with Crippen molar-refractivity contribution in [1.29, 1.82) is 0 Å². The molecule has 0 saturated heterocycles. The SMILES string of the molecule is C=CC(=O)N(CC)c1ccc(C)cc1. The van der Waals surface area contributed by atoms with Crippen LogP contribution in [0.1, 0.15) is 12.5 Å². The second kappa shape index (κ2) is 4.61. The van der Waals surface area contributed by atoms with Gasteiger partial charge in [0.05, 0.1) is 0 Å². The van der Waals surface area contributed by atoms with Gasteiger partial charge in [-0.1, -0.05) is 24.3 Å². The number of hydrogen-bond acceptors (Lipinski definition) is 1. The van der Waals surface area contributed by atoms with E-state index in [1.165, 1.54) is 11.6 Å². The lowest BCUT2D eigenvalue weighted by Gasteiger charge is -2.19. The van der Waals surface area contributed by atoms with Crippen molar-refractivity contribution in [2.75, 3.05) is 11.4 Å². The number of amides is 1. The van der Waals surface area contributed by atoms with Gasteiger partial charge in [0.2, 0.25) is 5.91 Å². The van der Waals surface area contributed by atoms with Crippen molar-refractivity contribution < 1.29 is 4.79 Å². The normalized spacial score (nSPS) is 9.57. The molecule has 74 valence electrons. The van der Waals surface area contributed by atoms with E-state index in [1.54, 1.807) is 4.90 Å². The summed E-state index contributed by atoms with van der Waals surface area (Å²) in [7, 11) is 0. The molecule has 0 aliphatic rings. The van der Waals surface area contributed by atoms with E-state index in [4.69, 9.17) is 0 Å². The van der Waals surface area contributed by atoms with Crippen molar-refractivity contribution in [3.63, 3.8) is 0 Å². The molecular formula is C12H15NO. The van der Waals surface area contributed by atoms with Gasteiger partial charge in [0.1, 0.15) is 0 Å². The first-order chi connectivity index (χ1) is 6.69. The van der Waals surface area contributed by atoms with Crippen LogP contribution in [-0.4, -0.2) is 12.5 Å². The maximum absolute atomic E-state index is 11.4. The van der Waals surface area contributed by atoms with E-state index >= 15 is 0 Å². The molecule has 14 heavy (non-hydrogen) atoms. The highest BCUT2D eigenvalue weighted by molar-refractivity contribution is 6.00. The third kappa shape index (κ3) is 2.22. The van der Waals surface area contributed by atoms with Gasteiger partial charge in [-0.15, -0.1) is 0 Å². The van der Waals surface area contributed by atoms with E-state index in [0.29, 0.717) is 6.54 Å². The second-order valence-electron chi connectivity index (χ2n) is 3.12. The summed E-state index contributed by atoms with van der Waals surface area (Å²) in [6, 6.07) is 7.88. The standard InChI is InChI=1S/C12H15NO/c1-4-12(14)13(5-2)11-8-6-10(3)7-9-11/h4,6-9H,1,5H2,2-3H3. The number of hydrogen-bond donors (Lipinski definition) is 0. The number of nitrogens with zero attached hydrogens (tertiary/aromatic N) is 1. The van der Waals surface area contributed by atoms with E-state index in [0.717, 1.165) is 5.69 Å². The lowest BCUT2D eigenvalue weighted by Crippen LogP contribution is -2.28. The molecular weight excluding hydrogens is 174 g/mol. The molecule has 0 aliphatic heterocycles. The van der Waals surface area contributed by atoms with Gasteiger partial charge in [0.15, 0.2) is 0 Å². The summed E-state index contributed by atoms with van der Waals surface area (Å²) in [4.78, 5) is 13.1. The lowest BCUT2D eigenvalue weighted by molar-refractivity contribution is -0.114. The number of anilines is 1. The molecule has 0 unspecified atom stereocenters. The van der Waals surface area contributed by atoms with Gasteiger partial charge in [0.25, 0.3) is 0 Å². The van der Waals surface area contributed by atoms with E-state index < -0.39 is 0 Å². The molecule has 0 N–H and O–H groups in total. The van der Waals surface area contributed by atoms with Crippen molar-refractivity contribution in [3.8, 4) is 0 Å². The first-order valence-electron chi connectivity index (χ1n) is 4.69.